The Bertz CT molecular complexity index is 3540. The van der Waals surface area contributed by atoms with Gasteiger partial charge in [-0.25, -0.2) is 15.0 Å². The van der Waals surface area contributed by atoms with E-state index in [0.29, 0.717) is 17.5 Å². The molecule has 57 heavy (non-hydrogen) atoms. The summed E-state index contributed by atoms with van der Waals surface area (Å²) in [6.07, 6.45) is 0. The van der Waals surface area contributed by atoms with Gasteiger partial charge in [-0.2, -0.15) is 0 Å². The van der Waals surface area contributed by atoms with Crippen LogP contribution in [0.25, 0.3) is 120 Å². The average molecular weight is 748 g/mol. The average Bonchev–Trinajstić information content (AvgIpc) is 3.97. The van der Waals surface area contributed by atoms with Crippen molar-refractivity contribution >= 4 is 75.4 Å². The number of hydrogen-bond acceptors (Lipinski definition) is 6. The third-order valence-electron chi connectivity index (χ3n) is 11.0. The Morgan fingerprint density at radius 1 is 0.316 bits per heavy atom. The van der Waals surface area contributed by atoms with Crippen LogP contribution in [0.1, 0.15) is 0 Å². The Labute approximate surface area is 330 Å². The summed E-state index contributed by atoms with van der Waals surface area (Å²) in [5.41, 5.74) is 10.4. The quantitative estimate of drug-likeness (QED) is 0.175. The third-order valence-corrected chi connectivity index (χ3v) is 12.1. The normalized spacial score (nSPS) is 11.9. The lowest BCUT2D eigenvalue weighted by molar-refractivity contribution is 0.669. The molecule has 4 heterocycles. The second-order valence-corrected chi connectivity index (χ2v) is 15.4. The van der Waals surface area contributed by atoms with Gasteiger partial charge in [0, 0.05) is 64.0 Å². The monoisotopic (exact) mass is 747 g/mol. The predicted molar refractivity (Wildman–Crippen MR) is 234 cm³/mol. The zero-order chi connectivity index (χ0) is 37.5. The molecule has 0 saturated heterocycles. The first-order chi connectivity index (χ1) is 28.2. The molecule has 8 aromatic carbocycles. The maximum Gasteiger partial charge on any atom is 0.164 e. The molecule has 0 fully saturated rings. The standard InChI is InChI=1S/C51H29N3O2S/c1-2-11-30(12-3-1)49-52-50(32-21-24-37-36-15-6-8-19-43(36)55-44(37)28-32)54-51(53-49)33-22-25-38-41-18-10-17-40(48(41)56-45(38)29-33)35-14-5-4-13-34(35)31-23-26-47-42(27-31)39-16-7-9-20-46(39)57-47/h1-29H. The van der Waals surface area contributed by atoms with E-state index in [1.165, 1.54) is 25.7 Å². The number of hydrogen-bond donors (Lipinski definition) is 0. The van der Waals surface area contributed by atoms with E-state index < -0.39 is 0 Å². The summed E-state index contributed by atoms with van der Waals surface area (Å²) in [6.45, 7) is 0. The molecule has 0 atom stereocenters. The van der Waals surface area contributed by atoms with Crippen molar-refractivity contribution in [3.8, 4) is 56.4 Å². The number of benzene rings is 8. The molecule has 4 aromatic heterocycles. The smallest absolute Gasteiger partial charge is 0.164 e. The minimum absolute atomic E-state index is 0.563. The van der Waals surface area contributed by atoms with Crippen molar-refractivity contribution in [2.24, 2.45) is 0 Å². The SMILES string of the molecule is c1ccc(-c2nc(-c3ccc4c(c3)oc3ccccc34)nc(-c3ccc4c(c3)oc3c(-c5ccccc5-c5ccc6sc7ccccc7c6c5)cccc34)n2)cc1. The number of para-hydroxylation sites is 2. The molecule has 5 nitrogen and oxygen atoms in total. The molecule has 0 aliphatic heterocycles. The van der Waals surface area contributed by atoms with Crippen molar-refractivity contribution in [1.82, 2.24) is 15.0 Å². The first kappa shape index (κ1) is 31.9. The van der Waals surface area contributed by atoms with E-state index in [4.69, 9.17) is 23.8 Å². The van der Waals surface area contributed by atoms with Crippen LogP contribution < -0.4 is 0 Å². The molecular weight excluding hydrogens is 719 g/mol. The predicted octanol–water partition coefficient (Wildman–Crippen LogP) is 14.4. The minimum atomic E-state index is 0.563. The summed E-state index contributed by atoms with van der Waals surface area (Å²) in [7, 11) is 0. The fourth-order valence-electron chi connectivity index (χ4n) is 8.23. The van der Waals surface area contributed by atoms with Gasteiger partial charge in [0.05, 0.1) is 0 Å². The van der Waals surface area contributed by atoms with Crippen LogP contribution in [0.4, 0.5) is 0 Å². The molecule has 0 saturated carbocycles. The van der Waals surface area contributed by atoms with Crippen molar-refractivity contribution in [3.05, 3.63) is 176 Å². The number of nitrogens with zero attached hydrogens (tertiary/aromatic N) is 3. The molecule has 266 valence electrons. The Balaban J connectivity index is 0.990. The summed E-state index contributed by atoms with van der Waals surface area (Å²) in [5, 5.41) is 6.81. The largest absolute Gasteiger partial charge is 0.456 e. The molecule has 0 amide bonds. The molecule has 0 aliphatic carbocycles. The number of aromatic nitrogens is 3. The fourth-order valence-corrected chi connectivity index (χ4v) is 9.31. The summed E-state index contributed by atoms with van der Waals surface area (Å²) < 4.78 is 15.7. The Kier molecular flexibility index (Phi) is 7.03. The zero-order valence-electron chi connectivity index (χ0n) is 30.3. The number of fused-ring (bicyclic) bond motifs is 9. The number of rotatable bonds is 5. The van der Waals surface area contributed by atoms with Crippen molar-refractivity contribution in [2.45, 2.75) is 0 Å². The highest BCUT2D eigenvalue weighted by molar-refractivity contribution is 7.25. The van der Waals surface area contributed by atoms with Gasteiger partial charge < -0.3 is 8.83 Å². The van der Waals surface area contributed by atoms with E-state index in [-0.39, 0.29) is 0 Å². The molecule has 0 unspecified atom stereocenters. The first-order valence-corrected chi connectivity index (χ1v) is 19.7. The Morgan fingerprint density at radius 3 is 1.68 bits per heavy atom. The highest BCUT2D eigenvalue weighted by atomic mass is 32.1. The van der Waals surface area contributed by atoms with Crippen molar-refractivity contribution in [3.63, 3.8) is 0 Å². The van der Waals surface area contributed by atoms with Crippen LogP contribution >= 0.6 is 11.3 Å². The summed E-state index contributed by atoms with van der Waals surface area (Å²) in [5.74, 6) is 1.73. The molecular formula is C51H29N3O2S. The maximum absolute atomic E-state index is 6.83. The third kappa shape index (κ3) is 5.19. The van der Waals surface area contributed by atoms with Gasteiger partial charge in [-0.3, -0.25) is 0 Å². The molecule has 12 rings (SSSR count). The fraction of sp³-hybridized carbons (Fsp3) is 0. The van der Waals surface area contributed by atoms with Crippen molar-refractivity contribution < 1.29 is 8.83 Å². The highest BCUT2D eigenvalue weighted by Gasteiger charge is 2.19. The molecule has 0 aliphatic rings. The first-order valence-electron chi connectivity index (χ1n) is 18.9. The van der Waals surface area contributed by atoms with Crippen LogP contribution in [0.3, 0.4) is 0 Å². The Hall–Kier alpha value is -7.41. The second-order valence-electron chi connectivity index (χ2n) is 14.3. The Morgan fingerprint density at radius 2 is 0.877 bits per heavy atom. The zero-order valence-corrected chi connectivity index (χ0v) is 31.1. The van der Waals surface area contributed by atoms with Gasteiger partial charge in [0.25, 0.3) is 0 Å². The van der Waals surface area contributed by atoms with Crippen molar-refractivity contribution in [1.29, 1.82) is 0 Å². The van der Waals surface area contributed by atoms with Gasteiger partial charge in [-0.15, -0.1) is 11.3 Å². The van der Waals surface area contributed by atoms with Gasteiger partial charge >= 0.3 is 0 Å². The lowest BCUT2D eigenvalue weighted by Gasteiger charge is -2.11. The van der Waals surface area contributed by atoms with E-state index in [2.05, 4.69) is 121 Å². The molecule has 6 heteroatoms. The molecule has 0 radical (unpaired) electrons. The van der Waals surface area contributed by atoms with Gasteiger partial charge in [0.2, 0.25) is 0 Å². The molecule has 0 N–H and O–H groups in total. The number of thiophene rings is 1. The van der Waals surface area contributed by atoms with Crippen LogP contribution in [0.5, 0.6) is 0 Å². The van der Waals surface area contributed by atoms with Gasteiger partial charge in [-0.1, -0.05) is 127 Å². The summed E-state index contributed by atoms with van der Waals surface area (Å²) >= 11 is 1.84. The van der Waals surface area contributed by atoms with Crippen molar-refractivity contribution in [2.75, 3.05) is 0 Å². The lowest BCUT2D eigenvalue weighted by atomic mass is 9.93. The molecule has 0 spiro atoms. The van der Waals surface area contributed by atoms with E-state index in [9.17, 15) is 0 Å². The molecule has 0 bridgehead atoms. The highest BCUT2D eigenvalue weighted by Crippen LogP contribution is 2.43. The van der Waals surface area contributed by atoms with E-state index >= 15 is 0 Å². The summed E-state index contributed by atoms with van der Waals surface area (Å²) in [6, 6.07) is 61.0. The lowest BCUT2D eigenvalue weighted by Crippen LogP contribution is -2.00. The van der Waals surface area contributed by atoms with E-state index in [1.54, 1.807) is 0 Å². The minimum Gasteiger partial charge on any atom is -0.456 e. The maximum atomic E-state index is 6.83. The summed E-state index contributed by atoms with van der Waals surface area (Å²) in [4.78, 5) is 15.1. The van der Waals surface area contributed by atoms with Crippen LogP contribution in [0, 0.1) is 0 Å². The van der Waals surface area contributed by atoms with Crippen LogP contribution in [-0.4, -0.2) is 15.0 Å². The van der Waals surface area contributed by atoms with E-state index in [1.807, 2.05) is 65.9 Å². The van der Waals surface area contributed by atoms with Crippen LogP contribution in [0.2, 0.25) is 0 Å². The van der Waals surface area contributed by atoms with Crippen LogP contribution in [-0.2, 0) is 0 Å². The second kappa shape index (κ2) is 12.6. The van der Waals surface area contributed by atoms with Crippen LogP contribution in [0.15, 0.2) is 185 Å². The molecule has 12 aromatic rings. The number of furan rings is 2. The van der Waals surface area contributed by atoms with E-state index in [0.717, 1.165) is 77.3 Å². The van der Waals surface area contributed by atoms with Gasteiger partial charge in [0.1, 0.15) is 22.3 Å². The van der Waals surface area contributed by atoms with Gasteiger partial charge in [0.15, 0.2) is 17.5 Å². The topological polar surface area (TPSA) is 65.0 Å². The van der Waals surface area contributed by atoms with Gasteiger partial charge in [-0.05, 0) is 65.2 Å².